The molecule has 3 nitrogen and oxygen atoms in total. The molecule has 2 aliphatic heterocycles. The summed E-state index contributed by atoms with van der Waals surface area (Å²) in [7, 11) is 0. The number of ether oxygens (including phenoxy) is 2. The van der Waals surface area contributed by atoms with Gasteiger partial charge in [0, 0.05) is 5.41 Å². The highest BCUT2D eigenvalue weighted by Gasteiger charge is 2.39. The summed E-state index contributed by atoms with van der Waals surface area (Å²) in [4.78, 5) is 0. The fourth-order valence-corrected chi connectivity index (χ4v) is 2.77. The van der Waals surface area contributed by atoms with Crippen LogP contribution in [0.3, 0.4) is 0 Å². The van der Waals surface area contributed by atoms with Crippen LogP contribution in [0.15, 0.2) is 18.2 Å². The van der Waals surface area contributed by atoms with Crippen molar-refractivity contribution in [3.63, 3.8) is 0 Å². The van der Waals surface area contributed by atoms with Crippen LogP contribution in [0.25, 0.3) is 0 Å². The minimum atomic E-state index is 0.168. The highest BCUT2D eigenvalue weighted by atomic mass is 16.5. The Morgan fingerprint density at radius 2 is 2.18 bits per heavy atom. The molecule has 0 saturated carbocycles. The molecule has 0 aliphatic carbocycles. The number of hydrogen-bond acceptors (Lipinski definition) is 3. The van der Waals surface area contributed by atoms with Gasteiger partial charge in [-0.1, -0.05) is 12.1 Å². The van der Waals surface area contributed by atoms with E-state index in [1.807, 2.05) is 0 Å². The lowest BCUT2D eigenvalue weighted by Crippen LogP contribution is -2.48. The third-order valence-electron chi connectivity index (χ3n) is 3.90. The summed E-state index contributed by atoms with van der Waals surface area (Å²) in [6.45, 7) is 3.19. The Kier molecular flexibility index (Phi) is 2.81. The Morgan fingerprint density at radius 3 is 2.88 bits per heavy atom. The van der Waals surface area contributed by atoms with Crippen molar-refractivity contribution in [3.05, 3.63) is 29.3 Å². The van der Waals surface area contributed by atoms with Crippen molar-refractivity contribution in [2.24, 2.45) is 5.73 Å². The molecule has 0 atom stereocenters. The maximum atomic E-state index is 5.72. The molecular weight excluding hydrogens is 214 g/mol. The summed E-state index contributed by atoms with van der Waals surface area (Å²) < 4.78 is 11.0. The first-order valence-electron chi connectivity index (χ1n) is 6.38. The van der Waals surface area contributed by atoms with Gasteiger partial charge in [-0.05, 0) is 43.0 Å². The number of fused-ring (bicyclic) bond motifs is 1. The molecule has 3 heteroatoms. The molecule has 0 bridgehead atoms. The zero-order valence-electron chi connectivity index (χ0n) is 10.1. The van der Waals surface area contributed by atoms with Crippen LogP contribution in [0.2, 0.25) is 0 Å². The molecule has 1 saturated heterocycles. The van der Waals surface area contributed by atoms with E-state index in [1.165, 1.54) is 11.1 Å². The summed E-state index contributed by atoms with van der Waals surface area (Å²) in [6, 6.07) is 6.59. The smallest absolute Gasteiger partial charge is 0.122 e. The molecule has 2 heterocycles. The molecule has 0 aromatic heterocycles. The zero-order chi connectivity index (χ0) is 11.7. The van der Waals surface area contributed by atoms with Crippen LogP contribution in [-0.4, -0.2) is 26.4 Å². The zero-order valence-corrected chi connectivity index (χ0v) is 10.1. The second-order valence-corrected chi connectivity index (χ2v) is 5.09. The third-order valence-corrected chi connectivity index (χ3v) is 3.90. The molecule has 17 heavy (non-hydrogen) atoms. The highest BCUT2D eigenvalue weighted by Crippen LogP contribution is 2.38. The summed E-state index contributed by atoms with van der Waals surface area (Å²) >= 11 is 0. The van der Waals surface area contributed by atoms with Gasteiger partial charge in [-0.15, -0.1) is 0 Å². The fraction of sp³-hybridized carbons (Fsp3) is 0.571. The Labute approximate surface area is 102 Å². The molecule has 92 valence electrons. The molecule has 0 spiro atoms. The summed E-state index contributed by atoms with van der Waals surface area (Å²) in [5.74, 6) is 1.06. The van der Waals surface area contributed by atoms with Gasteiger partial charge in [0.15, 0.2) is 0 Å². The lowest BCUT2D eigenvalue weighted by molar-refractivity contribution is -0.0631. The topological polar surface area (TPSA) is 44.5 Å². The molecule has 1 fully saturated rings. The maximum absolute atomic E-state index is 5.72. The van der Waals surface area contributed by atoms with Gasteiger partial charge in [0.2, 0.25) is 0 Å². The number of aryl methyl sites for hydroxylation is 1. The van der Waals surface area contributed by atoms with Gasteiger partial charge in [-0.2, -0.15) is 0 Å². The minimum Gasteiger partial charge on any atom is -0.493 e. The minimum absolute atomic E-state index is 0.168. The molecule has 0 radical (unpaired) electrons. The average molecular weight is 233 g/mol. The molecular formula is C14H19NO2. The van der Waals surface area contributed by atoms with Crippen LogP contribution in [0, 0.1) is 0 Å². The molecule has 0 amide bonds. The predicted octanol–water partition coefficient (Wildman–Crippen LogP) is 1.63. The number of rotatable bonds is 3. The normalized spacial score (nSPS) is 21.2. The quantitative estimate of drug-likeness (QED) is 0.863. The third kappa shape index (κ3) is 1.83. The van der Waals surface area contributed by atoms with Crippen molar-refractivity contribution < 1.29 is 9.47 Å². The van der Waals surface area contributed by atoms with E-state index < -0.39 is 0 Å². The Balaban J connectivity index is 1.92. The van der Waals surface area contributed by atoms with Crippen LogP contribution >= 0.6 is 0 Å². The number of benzene rings is 1. The van der Waals surface area contributed by atoms with Crippen molar-refractivity contribution in [1.29, 1.82) is 0 Å². The van der Waals surface area contributed by atoms with E-state index in [9.17, 15) is 0 Å². The molecule has 1 aromatic rings. The van der Waals surface area contributed by atoms with E-state index in [0.717, 1.165) is 51.4 Å². The van der Waals surface area contributed by atoms with Crippen molar-refractivity contribution in [1.82, 2.24) is 0 Å². The van der Waals surface area contributed by atoms with E-state index in [4.69, 9.17) is 15.2 Å². The van der Waals surface area contributed by atoms with Crippen LogP contribution in [0.5, 0.6) is 5.75 Å². The van der Waals surface area contributed by atoms with Crippen LogP contribution in [0.1, 0.15) is 24.0 Å². The summed E-state index contributed by atoms with van der Waals surface area (Å²) in [6.07, 6.45) is 3.26. The van der Waals surface area contributed by atoms with Gasteiger partial charge in [0.1, 0.15) is 5.75 Å². The Bertz CT molecular complexity index is 413. The SMILES string of the molecule is NCCC1(c2ccc3c(c2)CCCO3)COC1. The van der Waals surface area contributed by atoms with Crippen molar-refractivity contribution >= 4 is 0 Å². The Hall–Kier alpha value is -1.06. The van der Waals surface area contributed by atoms with Gasteiger partial charge in [-0.25, -0.2) is 0 Å². The first-order valence-corrected chi connectivity index (χ1v) is 6.38. The second-order valence-electron chi connectivity index (χ2n) is 5.09. The average Bonchev–Trinajstić information content (AvgIpc) is 2.33. The van der Waals surface area contributed by atoms with Crippen LogP contribution in [-0.2, 0) is 16.6 Å². The van der Waals surface area contributed by atoms with E-state index >= 15 is 0 Å². The highest BCUT2D eigenvalue weighted by molar-refractivity contribution is 5.42. The summed E-state index contributed by atoms with van der Waals surface area (Å²) in [5, 5.41) is 0. The monoisotopic (exact) mass is 233 g/mol. The van der Waals surface area contributed by atoms with Crippen LogP contribution in [0.4, 0.5) is 0 Å². The first kappa shape index (κ1) is 11.1. The van der Waals surface area contributed by atoms with Crippen molar-refractivity contribution in [2.75, 3.05) is 26.4 Å². The van der Waals surface area contributed by atoms with E-state index in [2.05, 4.69) is 18.2 Å². The number of nitrogens with two attached hydrogens (primary N) is 1. The molecule has 0 unspecified atom stereocenters. The predicted molar refractivity (Wildman–Crippen MR) is 66.4 cm³/mol. The van der Waals surface area contributed by atoms with Gasteiger partial charge in [0.25, 0.3) is 0 Å². The van der Waals surface area contributed by atoms with Crippen LogP contribution < -0.4 is 10.5 Å². The van der Waals surface area contributed by atoms with Gasteiger partial charge in [-0.3, -0.25) is 0 Å². The molecule has 3 rings (SSSR count). The van der Waals surface area contributed by atoms with E-state index in [0.29, 0.717) is 0 Å². The van der Waals surface area contributed by atoms with Crippen molar-refractivity contribution in [2.45, 2.75) is 24.7 Å². The van der Waals surface area contributed by atoms with E-state index in [1.54, 1.807) is 0 Å². The standard InChI is InChI=1S/C14H19NO2/c15-6-5-14(9-16-10-14)12-3-4-13-11(8-12)2-1-7-17-13/h3-4,8H,1-2,5-7,9-10,15H2. The molecule has 2 N–H and O–H groups in total. The maximum Gasteiger partial charge on any atom is 0.122 e. The second kappa shape index (κ2) is 4.31. The lowest BCUT2D eigenvalue weighted by Gasteiger charge is -2.42. The van der Waals surface area contributed by atoms with Gasteiger partial charge >= 0.3 is 0 Å². The fourth-order valence-electron chi connectivity index (χ4n) is 2.77. The lowest BCUT2D eigenvalue weighted by atomic mass is 9.75. The number of hydrogen-bond donors (Lipinski definition) is 1. The Morgan fingerprint density at radius 1 is 1.29 bits per heavy atom. The largest absolute Gasteiger partial charge is 0.493 e. The van der Waals surface area contributed by atoms with Gasteiger partial charge in [0.05, 0.1) is 19.8 Å². The van der Waals surface area contributed by atoms with Gasteiger partial charge < -0.3 is 15.2 Å². The summed E-state index contributed by atoms with van der Waals surface area (Å²) in [5.41, 5.74) is 8.60. The molecule has 1 aromatic carbocycles. The molecule has 2 aliphatic rings. The van der Waals surface area contributed by atoms with Crippen molar-refractivity contribution in [3.8, 4) is 5.75 Å². The van der Waals surface area contributed by atoms with E-state index in [-0.39, 0.29) is 5.41 Å². The first-order chi connectivity index (χ1) is 8.34.